The van der Waals surface area contributed by atoms with Crippen LogP contribution in [0.25, 0.3) is 6.08 Å². The van der Waals surface area contributed by atoms with E-state index in [1.54, 1.807) is 46.2 Å². The Labute approximate surface area is 169 Å². The molecule has 0 radical (unpaired) electrons. The summed E-state index contributed by atoms with van der Waals surface area (Å²) in [5.41, 5.74) is 0.866. The zero-order valence-electron chi connectivity index (χ0n) is 16.4. The lowest BCUT2D eigenvalue weighted by Gasteiger charge is -2.34. The number of ether oxygens (including phenoxy) is 2. The van der Waals surface area contributed by atoms with Crippen molar-refractivity contribution in [3.05, 3.63) is 65.5 Å². The summed E-state index contributed by atoms with van der Waals surface area (Å²) in [6.07, 6.45) is 2.84. The van der Waals surface area contributed by atoms with Crippen LogP contribution in [-0.4, -0.2) is 62.0 Å². The molecule has 1 heterocycles. The minimum absolute atomic E-state index is 0.125. The van der Waals surface area contributed by atoms with Crippen molar-refractivity contribution in [3.63, 3.8) is 0 Å². The molecule has 2 aromatic rings. The van der Waals surface area contributed by atoms with E-state index in [4.69, 9.17) is 9.47 Å². The van der Waals surface area contributed by atoms with Crippen LogP contribution in [0.3, 0.4) is 0 Å². The molecule has 0 atom stereocenters. The number of carbonyl (C=O) groups excluding carboxylic acids is 2. The van der Waals surface area contributed by atoms with E-state index in [2.05, 4.69) is 0 Å². The minimum atomic E-state index is -0.373. The van der Waals surface area contributed by atoms with E-state index in [1.165, 1.54) is 32.4 Å². The summed E-state index contributed by atoms with van der Waals surface area (Å²) >= 11 is 0. The Morgan fingerprint density at radius 1 is 0.931 bits per heavy atom. The molecule has 0 spiro atoms. The van der Waals surface area contributed by atoms with Crippen molar-refractivity contribution in [2.75, 3.05) is 40.4 Å². The van der Waals surface area contributed by atoms with Crippen LogP contribution in [0.5, 0.6) is 11.5 Å². The molecule has 1 saturated heterocycles. The largest absolute Gasteiger partial charge is 0.493 e. The highest BCUT2D eigenvalue weighted by atomic mass is 19.1. The Bertz CT molecular complexity index is 921. The Balaban J connectivity index is 1.59. The summed E-state index contributed by atoms with van der Waals surface area (Å²) in [6, 6.07) is 11.3. The van der Waals surface area contributed by atoms with Gasteiger partial charge in [0.2, 0.25) is 5.91 Å². The van der Waals surface area contributed by atoms with Gasteiger partial charge in [-0.1, -0.05) is 18.2 Å². The monoisotopic (exact) mass is 398 g/mol. The second-order valence-electron chi connectivity index (χ2n) is 6.54. The molecule has 1 fully saturated rings. The molecule has 6 nitrogen and oxygen atoms in total. The molecule has 152 valence electrons. The third-order valence-corrected chi connectivity index (χ3v) is 4.82. The maximum Gasteiger partial charge on any atom is 0.254 e. The van der Waals surface area contributed by atoms with E-state index < -0.39 is 0 Å². The van der Waals surface area contributed by atoms with Gasteiger partial charge in [-0.15, -0.1) is 0 Å². The van der Waals surface area contributed by atoms with Crippen LogP contribution in [0.4, 0.5) is 4.39 Å². The van der Waals surface area contributed by atoms with Crippen LogP contribution in [0, 0.1) is 5.82 Å². The average molecular weight is 398 g/mol. The molecule has 2 aromatic carbocycles. The smallest absolute Gasteiger partial charge is 0.254 e. The van der Waals surface area contributed by atoms with Crippen molar-refractivity contribution in [2.24, 2.45) is 0 Å². The van der Waals surface area contributed by atoms with Crippen LogP contribution in [0.1, 0.15) is 15.9 Å². The molecule has 0 unspecified atom stereocenters. The van der Waals surface area contributed by atoms with Crippen LogP contribution in [-0.2, 0) is 4.79 Å². The van der Waals surface area contributed by atoms with E-state index in [9.17, 15) is 14.0 Å². The van der Waals surface area contributed by atoms with Crippen molar-refractivity contribution in [3.8, 4) is 11.5 Å². The molecule has 0 aromatic heterocycles. The molecule has 7 heteroatoms. The predicted octanol–water partition coefficient (Wildman–Crippen LogP) is 2.84. The van der Waals surface area contributed by atoms with Crippen LogP contribution in [0.2, 0.25) is 0 Å². The number of rotatable bonds is 5. The first-order valence-corrected chi connectivity index (χ1v) is 9.26. The molecular formula is C22H23FN2O4. The normalized spacial score (nSPS) is 14.2. The Hall–Kier alpha value is -3.35. The fraction of sp³-hybridized carbons (Fsp3) is 0.273. The highest BCUT2D eigenvalue weighted by molar-refractivity contribution is 5.95. The van der Waals surface area contributed by atoms with Crippen molar-refractivity contribution in [1.82, 2.24) is 9.80 Å². The van der Waals surface area contributed by atoms with Crippen molar-refractivity contribution >= 4 is 17.9 Å². The number of amides is 2. The van der Waals surface area contributed by atoms with Crippen LogP contribution < -0.4 is 9.47 Å². The molecule has 0 bridgehead atoms. The number of methoxy groups -OCH3 is 2. The molecule has 29 heavy (non-hydrogen) atoms. The van der Waals surface area contributed by atoms with E-state index in [1.807, 2.05) is 0 Å². The lowest BCUT2D eigenvalue weighted by Crippen LogP contribution is -2.50. The van der Waals surface area contributed by atoms with Crippen LogP contribution in [0.15, 0.2) is 48.5 Å². The molecule has 1 aliphatic rings. The minimum Gasteiger partial charge on any atom is -0.493 e. The highest BCUT2D eigenvalue weighted by Gasteiger charge is 2.24. The summed E-state index contributed by atoms with van der Waals surface area (Å²) in [5, 5.41) is 0. The van der Waals surface area contributed by atoms with Gasteiger partial charge in [-0.2, -0.15) is 0 Å². The van der Waals surface area contributed by atoms with Gasteiger partial charge in [0.15, 0.2) is 11.5 Å². The predicted molar refractivity (Wildman–Crippen MR) is 107 cm³/mol. The lowest BCUT2D eigenvalue weighted by atomic mass is 10.1. The summed E-state index contributed by atoms with van der Waals surface area (Å²) in [4.78, 5) is 28.5. The summed E-state index contributed by atoms with van der Waals surface area (Å²) in [5.74, 6) is 0.347. The molecule has 0 N–H and O–H groups in total. The Kier molecular flexibility index (Phi) is 6.49. The topological polar surface area (TPSA) is 59.1 Å². The maximum atomic E-state index is 13.6. The quantitative estimate of drug-likeness (QED) is 0.727. The molecule has 1 aliphatic heterocycles. The van der Waals surface area contributed by atoms with Gasteiger partial charge in [-0.3, -0.25) is 9.59 Å². The van der Waals surface area contributed by atoms with E-state index in [-0.39, 0.29) is 17.6 Å². The number of benzene rings is 2. The van der Waals surface area contributed by atoms with E-state index >= 15 is 0 Å². The van der Waals surface area contributed by atoms with Crippen LogP contribution >= 0.6 is 0 Å². The third-order valence-electron chi connectivity index (χ3n) is 4.82. The number of halogens is 1. The average Bonchev–Trinajstić information content (AvgIpc) is 2.77. The van der Waals surface area contributed by atoms with Gasteiger partial charge in [0.1, 0.15) is 5.82 Å². The maximum absolute atomic E-state index is 13.6. The molecule has 0 aliphatic carbocycles. The van der Waals surface area contributed by atoms with Gasteiger partial charge in [0, 0.05) is 43.4 Å². The number of piperazine rings is 1. The molecule has 0 saturated carbocycles. The van der Waals surface area contributed by atoms with Gasteiger partial charge < -0.3 is 19.3 Å². The highest BCUT2D eigenvalue weighted by Crippen LogP contribution is 2.28. The Morgan fingerprint density at radius 3 is 2.24 bits per heavy atom. The second kappa shape index (κ2) is 9.23. The van der Waals surface area contributed by atoms with Gasteiger partial charge in [0.05, 0.1) is 14.2 Å². The third kappa shape index (κ3) is 4.74. The Morgan fingerprint density at radius 2 is 1.59 bits per heavy atom. The zero-order valence-corrected chi connectivity index (χ0v) is 16.4. The first kappa shape index (κ1) is 20.4. The van der Waals surface area contributed by atoms with E-state index in [0.717, 1.165) is 0 Å². The van der Waals surface area contributed by atoms with Crippen molar-refractivity contribution < 1.29 is 23.5 Å². The fourth-order valence-electron chi connectivity index (χ4n) is 3.16. The SMILES string of the molecule is COc1ccc(C(=O)N2CCN(C(=O)/C=C/c3ccccc3F)CC2)cc1OC. The summed E-state index contributed by atoms with van der Waals surface area (Å²) in [6.45, 7) is 1.68. The van der Waals surface area contributed by atoms with Gasteiger partial charge >= 0.3 is 0 Å². The fourth-order valence-corrected chi connectivity index (χ4v) is 3.16. The number of carbonyl (C=O) groups is 2. The molecule has 3 rings (SSSR count). The van der Waals surface area contributed by atoms with Crippen molar-refractivity contribution in [2.45, 2.75) is 0 Å². The van der Waals surface area contributed by atoms with Crippen molar-refractivity contribution in [1.29, 1.82) is 0 Å². The first-order valence-electron chi connectivity index (χ1n) is 9.26. The van der Waals surface area contributed by atoms with Gasteiger partial charge in [0.25, 0.3) is 5.91 Å². The zero-order chi connectivity index (χ0) is 20.8. The van der Waals surface area contributed by atoms with Gasteiger partial charge in [-0.25, -0.2) is 4.39 Å². The first-order chi connectivity index (χ1) is 14.0. The number of nitrogens with zero attached hydrogens (tertiary/aromatic N) is 2. The standard InChI is InChI=1S/C22H23FN2O4/c1-28-19-9-7-17(15-20(19)29-2)22(27)25-13-11-24(12-14-25)21(26)10-8-16-5-3-4-6-18(16)23/h3-10,15H,11-14H2,1-2H3/b10-8+. The summed E-state index contributed by atoms with van der Waals surface area (Å²) in [7, 11) is 3.06. The molecule has 2 amide bonds. The second-order valence-corrected chi connectivity index (χ2v) is 6.54. The summed E-state index contributed by atoms with van der Waals surface area (Å²) < 4.78 is 24.1. The molecular weight excluding hydrogens is 375 g/mol. The van der Waals surface area contributed by atoms with E-state index in [0.29, 0.717) is 48.8 Å². The number of hydrogen-bond donors (Lipinski definition) is 0. The lowest BCUT2D eigenvalue weighted by molar-refractivity contribution is -0.127. The van der Waals surface area contributed by atoms with Gasteiger partial charge in [-0.05, 0) is 30.3 Å². The number of hydrogen-bond acceptors (Lipinski definition) is 4.